The number of carbonyl (C=O) groups excluding carboxylic acids is 2. The van der Waals surface area contributed by atoms with Crippen LogP contribution in [0.5, 0.6) is 0 Å². The summed E-state index contributed by atoms with van der Waals surface area (Å²) < 4.78 is 54.1. The number of rotatable bonds is 11. The topological polar surface area (TPSA) is 126 Å². The minimum absolute atomic E-state index is 0.00000193. The van der Waals surface area contributed by atoms with Gasteiger partial charge in [-0.3, -0.25) is 4.79 Å². The van der Waals surface area contributed by atoms with Crippen molar-refractivity contribution in [3.05, 3.63) is 64.4 Å². The third kappa shape index (κ3) is 7.97. The van der Waals surface area contributed by atoms with Gasteiger partial charge in [0.05, 0.1) is 12.4 Å². The van der Waals surface area contributed by atoms with E-state index in [-0.39, 0.29) is 40.9 Å². The fourth-order valence-corrected chi connectivity index (χ4v) is 9.05. The van der Waals surface area contributed by atoms with Gasteiger partial charge in [-0.1, -0.05) is 29.8 Å². The Morgan fingerprint density at radius 2 is 1.82 bits per heavy atom. The third-order valence-electron chi connectivity index (χ3n) is 9.09. The molecule has 0 radical (unpaired) electrons. The molecule has 13 heteroatoms. The summed E-state index contributed by atoms with van der Waals surface area (Å²) in [5.74, 6) is -1.47. The number of hydrogen-bond acceptors (Lipinski definition) is 7. The first kappa shape index (κ1) is 33.6. The molecule has 0 aromatic heterocycles. The van der Waals surface area contributed by atoms with Crippen LogP contribution in [0, 0.1) is 11.7 Å². The molecule has 3 fully saturated rings. The summed E-state index contributed by atoms with van der Waals surface area (Å²) in [5.41, 5.74) is 1.36. The van der Waals surface area contributed by atoms with E-state index >= 15 is 4.39 Å². The number of amides is 2. The fourth-order valence-electron chi connectivity index (χ4n) is 6.68. The van der Waals surface area contributed by atoms with Crippen LogP contribution in [0.2, 0.25) is 5.02 Å². The summed E-state index contributed by atoms with van der Waals surface area (Å²) in [6.07, 6.45) is 2.50. The summed E-state index contributed by atoms with van der Waals surface area (Å²) in [5, 5.41) is 9.14. The van der Waals surface area contributed by atoms with Crippen molar-refractivity contribution >= 4 is 39.3 Å². The molecule has 2 amide bonds. The van der Waals surface area contributed by atoms with Gasteiger partial charge >= 0.3 is 6.09 Å². The number of sulfonamides is 1. The van der Waals surface area contributed by atoms with Gasteiger partial charge < -0.3 is 25.4 Å². The highest BCUT2D eigenvalue weighted by Crippen LogP contribution is 2.37. The lowest BCUT2D eigenvalue weighted by atomic mass is 9.76. The SMILES string of the molecule is COC(=O)NC(C(=O)Nc1cccc(F)c1CC[C@H]1CNC[C@H](C)N1S(=O)(=O)C1CC1)C(c1ccc(Cl)cc1)C1CCOCC1. The zero-order chi connectivity index (χ0) is 32.1. The molecule has 2 saturated heterocycles. The molecule has 3 N–H and O–H groups in total. The first-order chi connectivity index (χ1) is 21.6. The van der Waals surface area contributed by atoms with Gasteiger partial charge in [-0.25, -0.2) is 17.6 Å². The number of piperazine rings is 1. The standard InChI is InChI=1S/C32H42ClFN4O6S/c1-20-18-35-19-24(38(20)45(41,42)25-11-12-25)10-13-26-27(34)4-3-5-28(26)36-31(39)30(37-32(40)43-2)29(22-14-16-44-17-15-22)21-6-8-23(33)9-7-21/h3-9,20,22,24-25,29-30,35H,10-19H2,1-2H3,(H,36,39)(H,37,40)/t20-,24-,29?,30?/m0/s1. The molecular formula is C32H42ClFN4O6S. The second kappa shape index (κ2) is 14.8. The molecule has 2 heterocycles. The Hall–Kier alpha value is -2.77. The molecule has 0 spiro atoms. The van der Waals surface area contributed by atoms with E-state index in [1.54, 1.807) is 22.5 Å². The fraction of sp³-hybridized carbons (Fsp3) is 0.562. The molecular weight excluding hydrogens is 623 g/mol. The number of hydrogen-bond donors (Lipinski definition) is 3. The van der Waals surface area contributed by atoms with Crippen LogP contribution in [0.1, 0.15) is 56.1 Å². The predicted octanol–water partition coefficient (Wildman–Crippen LogP) is 4.44. The molecule has 1 aliphatic carbocycles. The van der Waals surface area contributed by atoms with Crippen molar-refractivity contribution in [2.24, 2.45) is 5.92 Å². The molecule has 4 atom stereocenters. The van der Waals surface area contributed by atoms with Crippen LogP contribution in [0.15, 0.2) is 42.5 Å². The van der Waals surface area contributed by atoms with Crippen molar-refractivity contribution in [2.45, 2.75) is 74.7 Å². The second-order valence-electron chi connectivity index (χ2n) is 12.2. The lowest BCUT2D eigenvalue weighted by Gasteiger charge is -2.40. The number of ether oxygens (including phenoxy) is 2. The van der Waals surface area contributed by atoms with E-state index in [1.807, 2.05) is 19.1 Å². The van der Waals surface area contributed by atoms with Gasteiger partial charge in [-0.15, -0.1) is 0 Å². The number of benzene rings is 2. The van der Waals surface area contributed by atoms with Gasteiger partial charge in [0, 0.05) is 60.6 Å². The van der Waals surface area contributed by atoms with Crippen LogP contribution in [0.3, 0.4) is 0 Å². The molecule has 3 aliphatic rings. The molecule has 0 bridgehead atoms. The van der Waals surface area contributed by atoms with Gasteiger partial charge in [0.2, 0.25) is 15.9 Å². The molecule has 45 heavy (non-hydrogen) atoms. The van der Waals surface area contributed by atoms with E-state index in [1.165, 1.54) is 19.2 Å². The van der Waals surface area contributed by atoms with Crippen molar-refractivity contribution in [3.63, 3.8) is 0 Å². The van der Waals surface area contributed by atoms with E-state index < -0.39 is 39.8 Å². The summed E-state index contributed by atoms with van der Waals surface area (Å²) in [4.78, 5) is 26.7. The zero-order valence-corrected chi connectivity index (χ0v) is 27.2. The number of nitrogens with zero attached hydrogens (tertiary/aromatic N) is 1. The third-order valence-corrected chi connectivity index (χ3v) is 11.9. The van der Waals surface area contributed by atoms with Crippen LogP contribution in [-0.2, 0) is 30.7 Å². The first-order valence-corrected chi connectivity index (χ1v) is 17.5. The maximum Gasteiger partial charge on any atom is 0.407 e. The highest BCUT2D eigenvalue weighted by atomic mass is 35.5. The van der Waals surface area contributed by atoms with Crippen LogP contribution in [-0.4, -0.2) is 81.5 Å². The zero-order valence-electron chi connectivity index (χ0n) is 25.6. The Balaban J connectivity index is 1.41. The normalized spacial score (nSPS) is 22.8. The van der Waals surface area contributed by atoms with E-state index in [4.69, 9.17) is 21.1 Å². The Bertz CT molecular complexity index is 1450. The maximum atomic E-state index is 15.4. The predicted molar refractivity (Wildman–Crippen MR) is 170 cm³/mol. The second-order valence-corrected chi connectivity index (χ2v) is 14.7. The summed E-state index contributed by atoms with van der Waals surface area (Å²) >= 11 is 6.17. The Morgan fingerprint density at radius 1 is 1.11 bits per heavy atom. The van der Waals surface area contributed by atoms with Crippen LogP contribution in [0.25, 0.3) is 0 Å². The van der Waals surface area contributed by atoms with Crippen molar-refractivity contribution in [1.82, 2.24) is 14.9 Å². The molecule has 246 valence electrons. The molecule has 10 nitrogen and oxygen atoms in total. The summed E-state index contributed by atoms with van der Waals surface area (Å²) in [7, 11) is -2.21. The average Bonchev–Trinajstić information content (AvgIpc) is 3.88. The van der Waals surface area contributed by atoms with E-state index in [0.29, 0.717) is 63.4 Å². The highest BCUT2D eigenvalue weighted by Gasteiger charge is 2.46. The van der Waals surface area contributed by atoms with Crippen molar-refractivity contribution in [1.29, 1.82) is 0 Å². The lowest BCUT2D eigenvalue weighted by Crippen LogP contribution is -2.59. The molecule has 5 rings (SSSR count). The van der Waals surface area contributed by atoms with E-state index in [0.717, 1.165) is 5.56 Å². The Labute approximate surface area is 269 Å². The maximum absolute atomic E-state index is 15.4. The van der Waals surface area contributed by atoms with Crippen molar-refractivity contribution in [3.8, 4) is 0 Å². The number of carbonyl (C=O) groups is 2. The van der Waals surface area contributed by atoms with Gasteiger partial charge in [-0.05, 0) is 81.2 Å². The number of nitrogens with one attached hydrogen (secondary N) is 3. The summed E-state index contributed by atoms with van der Waals surface area (Å²) in [6.45, 7) is 3.96. The van der Waals surface area contributed by atoms with Crippen molar-refractivity contribution < 1.29 is 31.9 Å². The number of halogens is 2. The van der Waals surface area contributed by atoms with Gasteiger partial charge in [-0.2, -0.15) is 4.31 Å². The molecule has 2 unspecified atom stereocenters. The Kier molecular flexibility index (Phi) is 11.0. The van der Waals surface area contributed by atoms with E-state index in [9.17, 15) is 18.0 Å². The van der Waals surface area contributed by atoms with E-state index in [2.05, 4.69) is 16.0 Å². The summed E-state index contributed by atoms with van der Waals surface area (Å²) in [6, 6.07) is 10.0. The van der Waals surface area contributed by atoms with Gasteiger partial charge in [0.25, 0.3) is 0 Å². The largest absolute Gasteiger partial charge is 0.453 e. The molecule has 2 aromatic rings. The molecule has 1 saturated carbocycles. The molecule has 2 aliphatic heterocycles. The average molecular weight is 665 g/mol. The highest BCUT2D eigenvalue weighted by molar-refractivity contribution is 7.90. The quantitative estimate of drug-likeness (QED) is 0.324. The van der Waals surface area contributed by atoms with Crippen molar-refractivity contribution in [2.75, 3.05) is 38.7 Å². The van der Waals surface area contributed by atoms with Gasteiger partial charge in [0.15, 0.2) is 0 Å². The monoisotopic (exact) mass is 664 g/mol. The number of alkyl carbamates (subject to hydrolysis) is 1. The van der Waals surface area contributed by atoms with Crippen LogP contribution >= 0.6 is 11.6 Å². The first-order valence-electron chi connectivity index (χ1n) is 15.6. The Morgan fingerprint density at radius 3 is 2.49 bits per heavy atom. The van der Waals surface area contributed by atoms with Gasteiger partial charge in [0.1, 0.15) is 11.9 Å². The smallest absolute Gasteiger partial charge is 0.407 e. The number of methoxy groups -OCH3 is 1. The molecule has 2 aromatic carbocycles. The van der Waals surface area contributed by atoms with Crippen LogP contribution in [0.4, 0.5) is 14.9 Å². The minimum atomic E-state index is -3.44. The minimum Gasteiger partial charge on any atom is -0.453 e. The van der Waals surface area contributed by atoms with Crippen LogP contribution < -0.4 is 16.0 Å². The number of anilines is 1. The lowest BCUT2D eigenvalue weighted by molar-refractivity contribution is -0.119.